The summed E-state index contributed by atoms with van der Waals surface area (Å²) >= 11 is 2.36. The molecular formula is C14H20INO. The van der Waals surface area contributed by atoms with Crippen LogP contribution in [0.3, 0.4) is 0 Å². The van der Waals surface area contributed by atoms with E-state index in [1.165, 1.54) is 22.0 Å². The molecule has 2 rings (SSSR count). The van der Waals surface area contributed by atoms with Crippen molar-refractivity contribution >= 4 is 22.6 Å². The first-order chi connectivity index (χ1) is 8.24. The highest BCUT2D eigenvalue weighted by molar-refractivity contribution is 14.1. The van der Waals surface area contributed by atoms with E-state index in [-0.39, 0.29) is 0 Å². The quantitative estimate of drug-likeness (QED) is 0.848. The second kappa shape index (κ2) is 6.16. The third-order valence-electron chi connectivity index (χ3n) is 3.60. The summed E-state index contributed by atoms with van der Waals surface area (Å²) < 4.78 is 6.81. The molecule has 1 heterocycles. The van der Waals surface area contributed by atoms with E-state index in [4.69, 9.17) is 4.74 Å². The average molecular weight is 345 g/mol. The van der Waals surface area contributed by atoms with Gasteiger partial charge in [-0.25, -0.2) is 0 Å². The van der Waals surface area contributed by atoms with Gasteiger partial charge >= 0.3 is 0 Å². The van der Waals surface area contributed by atoms with Gasteiger partial charge in [-0.15, -0.1) is 0 Å². The first kappa shape index (κ1) is 13.3. The number of halogens is 1. The van der Waals surface area contributed by atoms with E-state index in [1.807, 2.05) is 7.05 Å². The zero-order chi connectivity index (χ0) is 12.1. The van der Waals surface area contributed by atoms with Gasteiger partial charge in [-0.1, -0.05) is 12.1 Å². The van der Waals surface area contributed by atoms with Crippen LogP contribution >= 0.6 is 22.6 Å². The summed E-state index contributed by atoms with van der Waals surface area (Å²) in [5.41, 5.74) is 1.84. The summed E-state index contributed by atoms with van der Waals surface area (Å²) in [5, 5.41) is 3.35. The van der Waals surface area contributed by atoms with Crippen LogP contribution in [0.15, 0.2) is 24.3 Å². The van der Waals surface area contributed by atoms with Gasteiger partial charge in [-0.3, -0.25) is 0 Å². The van der Waals surface area contributed by atoms with Crippen LogP contribution in [0.5, 0.6) is 0 Å². The molecule has 1 N–H and O–H groups in total. The summed E-state index contributed by atoms with van der Waals surface area (Å²) in [6.45, 7) is 2.90. The molecule has 1 saturated heterocycles. The van der Waals surface area contributed by atoms with Gasteiger partial charge in [0.2, 0.25) is 0 Å². The van der Waals surface area contributed by atoms with Crippen LogP contribution in [0.4, 0.5) is 0 Å². The minimum atomic E-state index is 0.389. The highest BCUT2D eigenvalue weighted by Gasteiger charge is 2.31. The predicted octanol–water partition coefficient (Wildman–Crippen LogP) is 2.85. The molecule has 17 heavy (non-hydrogen) atoms. The smallest absolute Gasteiger partial charge is 0.0471 e. The van der Waals surface area contributed by atoms with Crippen molar-refractivity contribution in [2.45, 2.75) is 19.3 Å². The molecule has 1 fully saturated rings. The van der Waals surface area contributed by atoms with Crippen LogP contribution in [-0.2, 0) is 11.2 Å². The lowest BCUT2D eigenvalue weighted by Gasteiger charge is -2.37. The fourth-order valence-electron chi connectivity index (χ4n) is 2.63. The van der Waals surface area contributed by atoms with Crippen LogP contribution in [0.1, 0.15) is 18.4 Å². The Balaban J connectivity index is 2.08. The van der Waals surface area contributed by atoms with Gasteiger partial charge in [-0.2, -0.15) is 0 Å². The summed E-state index contributed by atoms with van der Waals surface area (Å²) in [7, 11) is 2.05. The molecule has 0 aliphatic carbocycles. The highest BCUT2D eigenvalue weighted by atomic mass is 127. The van der Waals surface area contributed by atoms with E-state index in [9.17, 15) is 0 Å². The van der Waals surface area contributed by atoms with E-state index in [0.717, 1.165) is 26.2 Å². The fraction of sp³-hybridized carbons (Fsp3) is 0.571. The summed E-state index contributed by atoms with van der Waals surface area (Å²) in [6.07, 6.45) is 3.49. The van der Waals surface area contributed by atoms with Gasteiger partial charge in [0.1, 0.15) is 0 Å². The molecule has 94 valence electrons. The normalized spacial score (nSPS) is 19.2. The minimum absolute atomic E-state index is 0.389. The second-order valence-electron chi connectivity index (χ2n) is 4.95. The van der Waals surface area contributed by atoms with Crippen molar-refractivity contribution in [3.05, 3.63) is 33.4 Å². The molecule has 2 nitrogen and oxygen atoms in total. The van der Waals surface area contributed by atoms with Crippen LogP contribution in [0.2, 0.25) is 0 Å². The van der Waals surface area contributed by atoms with Gasteiger partial charge in [-0.05, 0) is 72.0 Å². The molecule has 0 spiro atoms. The zero-order valence-electron chi connectivity index (χ0n) is 10.3. The van der Waals surface area contributed by atoms with E-state index >= 15 is 0 Å². The van der Waals surface area contributed by atoms with Crippen molar-refractivity contribution in [1.82, 2.24) is 5.32 Å². The maximum Gasteiger partial charge on any atom is 0.0471 e. The Morgan fingerprint density at radius 2 is 1.88 bits per heavy atom. The first-order valence-electron chi connectivity index (χ1n) is 6.21. The SMILES string of the molecule is CNCC1(Cc2ccc(I)cc2)CCOCC1. The average Bonchev–Trinajstić information content (AvgIpc) is 2.34. The van der Waals surface area contributed by atoms with E-state index in [0.29, 0.717) is 5.41 Å². The molecule has 0 aromatic heterocycles. The third kappa shape index (κ3) is 3.66. The highest BCUT2D eigenvalue weighted by Crippen LogP contribution is 2.33. The number of nitrogens with one attached hydrogen (secondary N) is 1. The molecule has 0 unspecified atom stereocenters. The van der Waals surface area contributed by atoms with E-state index < -0.39 is 0 Å². The number of hydrogen-bond donors (Lipinski definition) is 1. The van der Waals surface area contributed by atoms with Crippen molar-refractivity contribution < 1.29 is 4.74 Å². The molecule has 1 aliphatic heterocycles. The van der Waals surface area contributed by atoms with Crippen LogP contribution in [0, 0.1) is 8.99 Å². The fourth-order valence-corrected chi connectivity index (χ4v) is 2.99. The van der Waals surface area contributed by atoms with Crippen LogP contribution in [0.25, 0.3) is 0 Å². The van der Waals surface area contributed by atoms with Gasteiger partial charge in [0.05, 0.1) is 0 Å². The van der Waals surface area contributed by atoms with Crippen molar-refractivity contribution in [1.29, 1.82) is 0 Å². The third-order valence-corrected chi connectivity index (χ3v) is 4.32. The maximum absolute atomic E-state index is 5.50. The molecule has 1 aromatic rings. The van der Waals surface area contributed by atoms with Crippen LogP contribution in [-0.4, -0.2) is 26.8 Å². The van der Waals surface area contributed by atoms with E-state index in [1.54, 1.807) is 0 Å². The Morgan fingerprint density at radius 1 is 1.24 bits per heavy atom. The van der Waals surface area contributed by atoms with Crippen LogP contribution < -0.4 is 5.32 Å². The number of hydrogen-bond acceptors (Lipinski definition) is 2. The Bertz CT molecular complexity index is 338. The zero-order valence-corrected chi connectivity index (χ0v) is 12.5. The van der Waals surface area contributed by atoms with E-state index in [2.05, 4.69) is 52.2 Å². The molecule has 0 amide bonds. The van der Waals surface area contributed by atoms with Gasteiger partial charge in [0.15, 0.2) is 0 Å². The molecule has 0 bridgehead atoms. The lowest BCUT2D eigenvalue weighted by molar-refractivity contribution is 0.0158. The number of ether oxygens (including phenoxy) is 1. The molecular weight excluding hydrogens is 325 g/mol. The Kier molecular flexibility index (Phi) is 4.82. The Hall–Kier alpha value is -0.130. The van der Waals surface area contributed by atoms with Gasteiger partial charge in [0, 0.05) is 23.3 Å². The monoisotopic (exact) mass is 345 g/mol. The largest absolute Gasteiger partial charge is 0.381 e. The molecule has 3 heteroatoms. The van der Waals surface area contributed by atoms with Crippen molar-refractivity contribution in [2.75, 3.05) is 26.8 Å². The van der Waals surface area contributed by atoms with Crippen molar-refractivity contribution in [2.24, 2.45) is 5.41 Å². The van der Waals surface area contributed by atoms with Gasteiger partial charge in [0.25, 0.3) is 0 Å². The summed E-state index contributed by atoms with van der Waals surface area (Å²) in [4.78, 5) is 0. The Labute approximate surface area is 117 Å². The molecule has 0 radical (unpaired) electrons. The van der Waals surface area contributed by atoms with Crippen molar-refractivity contribution in [3.8, 4) is 0 Å². The number of rotatable bonds is 4. The standard InChI is InChI=1S/C14H20INO/c1-16-11-14(6-8-17-9-7-14)10-12-2-4-13(15)5-3-12/h2-5,16H,6-11H2,1H3. The Morgan fingerprint density at radius 3 is 2.47 bits per heavy atom. The lowest BCUT2D eigenvalue weighted by atomic mass is 9.75. The first-order valence-corrected chi connectivity index (χ1v) is 7.29. The maximum atomic E-state index is 5.50. The number of benzene rings is 1. The van der Waals surface area contributed by atoms with Gasteiger partial charge < -0.3 is 10.1 Å². The van der Waals surface area contributed by atoms with Crippen molar-refractivity contribution in [3.63, 3.8) is 0 Å². The molecule has 0 saturated carbocycles. The molecule has 1 aliphatic rings. The summed E-state index contributed by atoms with van der Waals surface area (Å²) in [6, 6.07) is 8.91. The molecule has 1 aromatic carbocycles. The minimum Gasteiger partial charge on any atom is -0.381 e. The second-order valence-corrected chi connectivity index (χ2v) is 6.19. The topological polar surface area (TPSA) is 21.3 Å². The lowest BCUT2D eigenvalue weighted by Crippen LogP contribution is -2.39. The molecule has 0 atom stereocenters. The predicted molar refractivity (Wildman–Crippen MR) is 79.3 cm³/mol. The summed E-state index contributed by atoms with van der Waals surface area (Å²) in [5.74, 6) is 0.